The molecule has 0 spiro atoms. The van der Waals surface area contributed by atoms with Crippen LogP contribution in [-0.2, 0) is 10.8 Å². The van der Waals surface area contributed by atoms with Gasteiger partial charge in [-0.3, -0.25) is 0 Å². The lowest BCUT2D eigenvalue weighted by molar-refractivity contribution is 0.443. The quantitative estimate of drug-likeness (QED) is 0.149. The fourth-order valence-corrected chi connectivity index (χ4v) is 18.9. The molecule has 92 heavy (non-hydrogen) atoms. The monoisotopic (exact) mass is 1200 g/mol. The van der Waals surface area contributed by atoms with Crippen LogP contribution in [0.5, 0.6) is 23.0 Å². The largest absolute Gasteiger partial charge is 0.456 e. The van der Waals surface area contributed by atoms with Crippen molar-refractivity contribution in [2.24, 2.45) is 0 Å². The Balaban J connectivity index is 0.951. The van der Waals surface area contributed by atoms with Gasteiger partial charge in [-0.15, -0.1) is 0 Å². The maximum Gasteiger partial charge on any atom is 0.256 e. The summed E-state index contributed by atoms with van der Waals surface area (Å²) in [6, 6.07) is 63.8. The van der Waals surface area contributed by atoms with E-state index in [-0.39, 0.29) is 24.3 Å². The van der Waals surface area contributed by atoms with E-state index in [1.54, 1.807) is 0 Å². The van der Waals surface area contributed by atoms with Crippen molar-refractivity contribution >= 4 is 85.1 Å². The molecule has 4 nitrogen and oxygen atoms in total. The molecule has 0 saturated heterocycles. The highest BCUT2D eigenvalue weighted by molar-refractivity contribution is 7.02. The molecule has 4 saturated carbocycles. The predicted molar refractivity (Wildman–Crippen MR) is 389 cm³/mol. The molecule has 1 aromatic heterocycles. The van der Waals surface area contributed by atoms with Crippen molar-refractivity contribution in [3.63, 3.8) is 0 Å². The molecule has 8 aliphatic rings. The van der Waals surface area contributed by atoms with Crippen LogP contribution in [0.3, 0.4) is 0 Å². The molecular formula is C86H88B2N2O2. The van der Waals surface area contributed by atoms with Crippen LogP contribution in [0.1, 0.15) is 227 Å². The number of hydrogen-bond acceptors (Lipinski definition) is 3. The van der Waals surface area contributed by atoms with E-state index in [4.69, 9.17) is 9.47 Å². The molecule has 10 aromatic rings. The average molecular weight is 1200 g/mol. The molecule has 0 amide bonds. The molecule has 0 unspecified atom stereocenters. The zero-order valence-electron chi connectivity index (χ0n) is 55.3. The molecule has 0 atom stereocenters. The molecule has 0 bridgehead atoms. The first-order valence-electron chi connectivity index (χ1n) is 36.1. The van der Waals surface area contributed by atoms with Crippen molar-refractivity contribution < 1.29 is 9.47 Å². The molecule has 18 rings (SSSR count). The SMILES string of the molecule is CC(C)(C)c1ccc(-c2ccc3c(c2)B2c4cc(C5CCCCC5)ccc4N(c4ccc(C5CCCCC5)cc4)c4c5c6c(c(c42)O3)-n2c3ccc(C4CCCCC4)cc3c3cc(C4CCCCC4)cc(c32)B6c2cc(-c3ccc(C(C)(C)C)cc3)ccc2O5)cc1. The molecule has 460 valence electrons. The summed E-state index contributed by atoms with van der Waals surface area (Å²) in [5, 5.41) is 2.78. The third-order valence-electron chi connectivity index (χ3n) is 24.0. The van der Waals surface area contributed by atoms with Crippen molar-refractivity contribution in [2.45, 2.75) is 204 Å². The fourth-order valence-electron chi connectivity index (χ4n) is 18.9. The summed E-state index contributed by atoms with van der Waals surface area (Å²) in [7, 11) is 0. The van der Waals surface area contributed by atoms with Gasteiger partial charge in [-0.1, -0.05) is 228 Å². The van der Waals surface area contributed by atoms with Gasteiger partial charge in [0.2, 0.25) is 0 Å². The van der Waals surface area contributed by atoms with Crippen LogP contribution in [0.15, 0.2) is 158 Å². The van der Waals surface area contributed by atoms with Gasteiger partial charge in [0.25, 0.3) is 13.4 Å². The zero-order valence-corrected chi connectivity index (χ0v) is 55.3. The van der Waals surface area contributed by atoms with E-state index in [0.717, 1.165) is 34.4 Å². The zero-order chi connectivity index (χ0) is 61.7. The minimum Gasteiger partial charge on any atom is -0.456 e. The van der Waals surface area contributed by atoms with E-state index in [2.05, 4.69) is 209 Å². The molecule has 6 heteroatoms. The topological polar surface area (TPSA) is 26.6 Å². The van der Waals surface area contributed by atoms with Gasteiger partial charge in [-0.05, 0) is 212 Å². The Morgan fingerprint density at radius 2 is 0.783 bits per heavy atom. The van der Waals surface area contributed by atoms with Crippen LogP contribution >= 0.6 is 0 Å². The standard InChI is InChI=1S/C86H88B2N2O2/c1-85(2,3)65-37-27-58(28-38-65)62-35-45-76-71(50-62)87-70-49-61(55-23-15-9-16-24-55)34-44-75(70)89(67-41-31-57(32-42-67)53-19-11-7-12-20-53)81-78(87)84(92-76)82-79-83(81)91-77-46-36-63(59-29-39-66(40-30-59)86(4,5)6)51-72(77)88(79)73-52-64(56-25-17-10-18-26-56)48-69-68-47-60(54-21-13-8-14-22-54)33-43-74(68)90(82)80(69)73/h27-56H,7-26H2,1-6H3. The van der Waals surface area contributed by atoms with E-state index in [1.165, 1.54) is 250 Å². The predicted octanol–water partition coefficient (Wildman–Crippen LogP) is 20.2. The summed E-state index contributed by atoms with van der Waals surface area (Å²) in [4.78, 5) is 2.65. The van der Waals surface area contributed by atoms with Gasteiger partial charge in [0.1, 0.15) is 23.0 Å². The summed E-state index contributed by atoms with van der Waals surface area (Å²) in [6.07, 6.45) is 25.8. The Morgan fingerprint density at radius 1 is 0.359 bits per heavy atom. The second-order valence-electron chi connectivity index (χ2n) is 31.6. The number of aromatic nitrogens is 1. The highest BCUT2D eigenvalue weighted by Crippen LogP contribution is 2.53. The number of rotatable bonds is 7. The van der Waals surface area contributed by atoms with Crippen molar-refractivity contribution in [2.75, 3.05) is 4.90 Å². The molecular weight excluding hydrogens is 1110 g/mol. The summed E-state index contributed by atoms with van der Waals surface area (Å²) in [5.74, 6) is 6.06. The minimum absolute atomic E-state index is 0.0555. The van der Waals surface area contributed by atoms with Crippen LogP contribution in [-0.4, -0.2) is 18.0 Å². The lowest BCUT2D eigenvalue weighted by atomic mass is 9.31. The van der Waals surface area contributed by atoms with Crippen molar-refractivity contribution in [3.8, 4) is 50.9 Å². The maximum absolute atomic E-state index is 8.11. The van der Waals surface area contributed by atoms with Gasteiger partial charge in [-0.2, -0.15) is 0 Å². The molecule has 4 aliphatic carbocycles. The molecule has 4 aliphatic heterocycles. The first kappa shape index (κ1) is 57.0. The summed E-state index contributed by atoms with van der Waals surface area (Å²) in [5.41, 5.74) is 28.6. The molecule has 9 aromatic carbocycles. The summed E-state index contributed by atoms with van der Waals surface area (Å²) >= 11 is 0. The Labute approximate surface area is 547 Å². The van der Waals surface area contributed by atoms with Crippen LogP contribution in [0.2, 0.25) is 0 Å². The Hall–Kier alpha value is -7.69. The van der Waals surface area contributed by atoms with Gasteiger partial charge in [-0.25, -0.2) is 0 Å². The van der Waals surface area contributed by atoms with E-state index in [0.29, 0.717) is 23.7 Å². The van der Waals surface area contributed by atoms with Crippen LogP contribution < -0.4 is 47.2 Å². The first-order chi connectivity index (χ1) is 44.9. The highest BCUT2D eigenvalue weighted by Gasteiger charge is 2.52. The van der Waals surface area contributed by atoms with Gasteiger partial charge >= 0.3 is 0 Å². The van der Waals surface area contributed by atoms with Crippen LogP contribution in [0, 0.1) is 0 Å². The second-order valence-corrected chi connectivity index (χ2v) is 31.6. The number of nitrogens with zero attached hydrogens (tertiary/aromatic N) is 2. The first-order valence-corrected chi connectivity index (χ1v) is 36.1. The smallest absolute Gasteiger partial charge is 0.256 e. The van der Waals surface area contributed by atoms with Gasteiger partial charge in [0, 0.05) is 38.6 Å². The second kappa shape index (κ2) is 22.0. The number of benzene rings is 9. The lowest BCUT2D eigenvalue weighted by Gasteiger charge is -2.45. The number of fused-ring (bicyclic) bond motifs is 13. The molecule has 4 fully saturated rings. The van der Waals surface area contributed by atoms with E-state index in [1.807, 2.05) is 0 Å². The lowest BCUT2D eigenvalue weighted by Crippen LogP contribution is -2.63. The van der Waals surface area contributed by atoms with E-state index in [9.17, 15) is 0 Å². The minimum atomic E-state index is -0.150. The maximum atomic E-state index is 8.11. The van der Waals surface area contributed by atoms with Crippen molar-refractivity contribution in [3.05, 3.63) is 191 Å². The van der Waals surface area contributed by atoms with Crippen LogP contribution in [0.4, 0.5) is 17.1 Å². The van der Waals surface area contributed by atoms with Gasteiger partial charge in [0.15, 0.2) is 0 Å². The third-order valence-corrected chi connectivity index (χ3v) is 24.0. The molecule has 0 N–H and O–H groups in total. The molecule has 5 heterocycles. The summed E-state index contributed by atoms with van der Waals surface area (Å²) in [6.45, 7) is 13.6. The van der Waals surface area contributed by atoms with Crippen molar-refractivity contribution in [1.82, 2.24) is 4.57 Å². The number of ether oxygens (including phenoxy) is 2. The van der Waals surface area contributed by atoms with Gasteiger partial charge < -0.3 is 18.9 Å². The Kier molecular flexibility index (Phi) is 13.6. The van der Waals surface area contributed by atoms with E-state index < -0.39 is 0 Å². The van der Waals surface area contributed by atoms with Gasteiger partial charge in [0.05, 0.1) is 16.9 Å². The Bertz CT molecular complexity index is 4570. The van der Waals surface area contributed by atoms with E-state index >= 15 is 0 Å². The normalized spacial score (nSPS) is 18.3. The number of hydrogen-bond donors (Lipinski definition) is 0. The third kappa shape index (κ3) is 9.27. The Morgan fingerprint density at radius 3 is 1.32 bits per heavy atom. The average Bonchev–Trinajstić information content (AvgIpc) is 1.19. The number of anilines is 3. The fraction of sp³-hybridized carbons (Fsp3) is 0.372. The van der Waals surface area contributed by atoms with Crippen LogP contribution in [0.25, 0.3) is 49.7 Å². The summed E-state index contributed by atoms with van der Waals surface area (Å²) < 4.78 is 18.9. The van der Waals surface area contributed by atoms with Crippen molar-refractivity contribution in [1.29, 1.82) is 0 Å². The molecule has 0 radical (unpaired) electrons. The highest BCUT2D eigenvalue weighted by atomic mass is 16.5.